The first-order chi connectivity index (χ1) is 15.3. The van der Waals surface area contributed by atoms with Gasteiger partial charge in [-0.05, 0) is 50.6 Å². The first-order valence-electron chi connectivity index (χ1n) is 11.0. The van der Waals surface area contributed by atoms with Crippen LogP contribution < -0.4 is 0 Å². The van der Waals surface area contributed by atoms with Crippen LogP contribution in [0.1, 0.15) is 41.9 Å². The number of likely N-dealkylation sites (tertiary alicyclic amines) is 1. The summed E-state index contributed by atoms with van der Waals surface area (Å²) in [5.41, 5.74) is 1.71. The van der Waals surface area contributed by atoms with E-state index in [1.54, 1.807) is 4.90 Å². The molecular weight excluding hydrogens is 428 g/mol. The molecule has 0 N–H and O–H groups in total. The van der Waals surface area contributed by atoms with Gasteiger partial charge in [0.05, 0.1) is 17.5 Å². The number of benzene rings is 1. The van der Waals surface area contributed by atoms with E-state index in [9.17, 15) is 18.0 Å². The molecule has 0 spiro atoms. The lowest BCUT2D eigenvalue weighted by molar-refractivity contribution is -0.133. The van der Waals surface area contributed by atoms with E-state index in [0.29, 0.717) is 25.2 Å². The van der Waals surface area contributed by atoms with Gasteiger partial charge in [-0.15, -0.1) is 0 Å². The minimum atomic E-state index is -3.65. The number of aromatic nitrogens is 1. The van der Waals surface area contributed by atoms with Crippen LogP contribution in [-0.4, -0.2) is 78.0 Å². The number of hydrogen-bond donors (Lipinski definition) is 0. The van der Waals surface area contributed by atoms with Gasteiger partial charge in [0.2, 0.25) is 15.9 Å². The average Bonchev–Trinajstić information content (AvgIpc) is 3.42. The largest absolute Gasteiger partial charge is 0.353 e. The lowest BCUT2D eigenvalue weighted by atomic mass is 10.1. The molecule has 0 saturated carbocycles. The van der Waals surface area contributed by atoms with E-state index >= 15 is 0 Å². The highest BCUT2D eigenvalue weighted by Crippen LogP contribution is 2.31. The summed E-state index contributed by atoms with van der Waals surface area (Å²) < 4.78 is 29.4. The number of carbonyl (C=O) groups is 2. The predicted octanol–water partition coefficient (Wildman–Crippen LogP) is 1.90. The Balaban J connectivity index is 1.35. The maximum Gasteiger partial charge on any atom is 0.243 e. The van der Waals surface area contributed by atoms with E-state index in [2.05, 4.69) is 15.5 Å². The molecule has 32 heavy (non-hydrogen) atoms. The molecule has 1 unspecified atom stereocenters. The van der Waals surface area contributed by atoms with Crippen LogP contribution in [0.15, 0.2) is 47.5 Å². The van der Waals surface area contributed by atoms with Crippen molar-refractivity contribution in [3.63, 3.8) is 0 Å². The van der Waals surface area contributed by atoms with Crippen molar-refractivity contribution >= 4 is 21.7 Å². The van der Waals surface area contributed by atoms with Gasteiger partial charge in [0, 0.05) is 50.7 Å². The van der Waals surface area contributed by atoms with Crippen molar-refractivity contribution in [2.75, 3.05) is 39.3 Å². The Kier molecular flexibility index (Phi) is 6.50. The lowest BCUT2D eigenvalue weighted by Gasteiger charge is -2.35. The highest BCUT2D eigenvalue weighted by atomic mass is 32.2. The van der Waals surface area contributed by atoms with Gasteiger partial charge in [0.25, 0.3) is 0 Å². The molecule has 172 valence electrons. The minimum absolute atomic E-state index is 0.0500. The molecule has 2 fully saturated rings. The molecule has 0 bridgehead atoms. The van der Waals surface area contributed by atoms with Crippen LogP contribution in [0.4, 0.5) is 0 Å². The van der Waals surface area contributed by atoms with Crippen molar-refractivity contribution in [3.8, 4) is 0 Å². The normalized spacial score (nSPS) is 20.6. The van der Waals surface area contributed by atoms with Crippen LogP contribution in [0.2, 0.25) is 0 Å². The molecule has 4 rings (SSSR count). The second-order valence-electron chi connectivity index (χ2n) is 8.54. The number of sulfonamides is 1. The van der Waals surface area contributed by atoms with E-state index in [1.165, 1.54) is 41.2 Å². The van der Waals surface area contributed by atoms with Crippen molar-refractivity contribution in [3.05, 3.63) is 53.9 Å². The average molecular weight is 459 g/mol. The Labute approximate surface area is 189 Å². The van der Waals surface area contributed by atoms with Crippen molar-refractivity contribution in [1.29, 1.82) is 0 Å². The molecule has 0 aliphatic carbocycles. The van der Waals surface area contributed by atoms with Crippen LogP contribution >= 0.6 is 0 Å². The molecule has 2 saturated heterocycles. The van der Waals surface area contributed by atoms with Crippen LogP contribution in [-0.2, 0) is 21.9 Å². The standard InChI is InChI=1S/C23H30N4O4S/c1-18(28)19-7-9-20(10-8-19)32(30,31)27-15-13-25(14-16-27)23(29)17-26-12-4-6-22(26)21-5-3-11-24(21)2/h3,5,7-11,22H,4,6,12-17H2,1-2H3. The lowest BCUT2D eigenvalue weighted by Crippen LogP contribution is -2.52. The molecule has 2 aromatic rings. The third kappa shape index (κ3) is 4.51. The smallest absolute Gasteiger partial charge is 0.243 e. The maximum absolute atomic E-state index is 13.0. The molecule has 2 aliphatic rings. The number of piperazine rings is 1. The van der Waals surface area contributed by atoms with Crippen LogP contribution in [0.5, 0.6) is 0 Å². The number of aryl methyl sites for hydroxylation is 1. The third-order valence-electron chi connectivity index (χ3n) is 6.52. The Hall–Kier alpha value is -2.49. The molecule has 1 atom stereocenters. The number of amides is 1. The Morgan fingerprint density at radius 2 is 1.69 bits per heavy atom. The summed E-state index contributed by atoms with van der Waals surface area (Å²) in [7, 11) is -1.62. The Morgan fingerprint density at radius 3 is 2.28 bits per heavy atom. The van der Waals surface area contributed by atoms with Gasteiger partial charge >= 0.3 is 0 Å². The number of nitrogens with zero attached hydrogens (tertiary/aromatic N) is 4. The van der Waals surface area contributed by atoms with Crippen LogP contribution in [0.3, 0.4) is 0 Å². The second kappa shape index (κ2) is 9.17. The fourth-order valence-electron chi connectivity index (χ4n) is 4.63. The summed E-state index contributed by atoms with van der Waals surface area (Å²) in [6, 6.07) is 10.4. The molecule has 1 aromatic carbocycles. The molecule has 8 nitrogen and oxygen atoms in total. The van der Waals surface area contributed by atoms with Crippen LogP contribution in [0, 0.1) is 0 Å². The number of Topliss-reactive ketones (excluding diaryl/α,β-unsaturated/α-hetero) is 1. The van der Waals surface area contributed by atoms with E-state index in [-0.39, 0.29) is 35.7 Å². The van der Waals surface area contributed by atoms with E-state index < -0.39 is 10.0 Å². The van der Waals surface area contributed by atoms with Gasteiger partial charge in [-0.1, -0.05) is 12.1 Å². The van der Waals surface area contributed by atoms with Gasteiger partial charge in [-0.3, -0.25) is 14.5 Å². The van der Waals surface area contributed by atoms with Crippen LogP contribution in [0.25, 0.3) is 0 Å². The van der Waals surface area contributed by atoms with Crippen molar-refractivity contribution in [1.82, 2.24) is 18.7 Å². The minimum Gasteiger partial charge on any atom is -0.353 e. The monoisotopic (exact) mass is 458 g/mol. The Morgan fingerprint density at radius 1 is 1.00 bits per heavy atom. The quantitative estimate of drug-likeness (QED) is 0.618. The first-order valence-corrected chi connectivity index (χ1v) is 12.5. The molecule has 1 aromatic heterocycles. The van der Waals surface area contributed by atoms with Gasteiger partial charge in [-0.2, -0.15) is 4.31 Å². The molecular formula is C23H30N4O4S. The van der Waals surface area contributed by atoms with Gasteiger partial charge in [0.15, 0.2) is 5.78 Å². The zero-order valence-electron chi connectivity index (χ0n) is 18.6. The zero-order valence-corrected chi connectivity index (χ0v) is 19.4. The summed E-state index contributed by atoms with van der Waals surface area (Å²) >= 11 is 0. The highest BCUT2D eigenvalue weighted by Gasteiger charge is 2.33. The predicted molar refractivity (Wildman–Crippen MR) is 121 cm³/mol. The zero-order chi connectivity index (χ0) is 22.9. The highest BCUT2D eigenvalue weighted by molar-refractivity contribution is 7.89. The summed E-state index contributed by atoms with van der Waals surface area (Å²) in [5, 5.41) is 0. The van der Waals surface area contributed by atoms with Gasteiger partial charge < -0.3 is 9.47 Å². The number of rotatable bonds is 6. The van der Waals surface area contributed by atoms with Gasteiger partial charge in [-0.25, -0.2) is 8.42 Å². The van der Waals surface area contributed by atoms with E-state index in [0.717, 1.165) is 19.4 Å². The third-order valence-corrected chi connectivity index (χ3v) is 8.43. The summed E-state index contributed by atoms with van der Waals surface area (Å²) in [6.45, 7) is 4.00. The van der Waals surface area contributed by atoms with E-state index in [4.69, 9.17) is 0 Å². The first kappa shape index (κ1) is 22.7. The second-order valence-corrected chi connectivity index (χ2v) is 10.5. The molecule has 1 amide bonds. The van der Waals surface area contributed by atoms with Crippen molar-refractivity contribution < 1.29 is 18.0 Å². The molecule has 0 radical (unpaired) electrons. The van der Waals surface area contributed by atoms with E-state index in [1.807, 2.05) is 19.3 Å². The fourth-order valence-corrected chi connectivity index (χ4v) is 6.06. The Bertz CT molecular complexity index is 1090. The summed E-state index contributed by atoms with van der Waals surface area (Å²) in [6.07, 6.45) is 4.14. The molecule has 3 heterocycles. The maximum atomic E-state index is 13.0. The SMILES string of the molecule is CC(=O)c1ccc(S(=O)(=O)N2CCN(C(=O)CN3CCCC3c3cccn3C)CC2)cc1. The summed E-state index contributed by atoms with van der Waals surface area (Å²) in [4.78, 5) is 28.6. The van der Waals surface area contributed by atoms with Crippen molar-refractivity contribution in [2.24, 2.45) is 7.05 Å². The number of carbonyl (C=O) groups excluding carboxylic acids is 2. The number of ketones is 1. The summed E-state index contributed by atoms with van der Waals surface area (Å²) in [5.74, 6) is -0.0533. The fraction of sp³-hybridized carbons (Fsp3) is 0.478. The van der Waals surface area contributed by atoms with Crippen molar-refractivity contribution in [2.45, 2.75) is 30.7 Å². The molecule has 2 aliphatic heterocycles. The van der Waals surface area contributed by atoms with Gasteiger partial charge in [0.1, 0.15) is 0 Å². The topological polar surface area (TPSA) is 82.9 Å². The number of hydrogen-bond acceptors (Lipinski definition) is 5. The molecule has 9 heteroatoms.